The lowest BCUT2D eigenvalue weighted by Crippen LogP contribution is -2.37. The number of carboxylic acid groups (broad SMARTS) is 1. The first kappa shape index (κ1) is 27.9. The minimum Gasteiger partial charge on any atom is -0.481 e. The monoisotopic (exact) mass is 590 g/mol. The first-order valence-electron chi connectivity index (χ1n) is 12.6. The Labute approximate surface area is 237 Å². The number of hydrogen-bond acceptors (Lipinski definition) is 9. The molecule has 1 fully saturated rings. The smallest absolute Gasteiger partial charge is 0.338 e. The van der Waals surface area contributed by atoms with E-state index in [1.165, 1.54) is 24.5 Å². The molecular weight excluding hydrogens is 566 g/mol. The zero-order chi connectivity index (χ0) is 28.6. The van der Waals surface area contributed by atoms with Gasteiger partial charge in [0.15, 0.2) is 28.4 Å². The van der Waals surface area contributed by atoms with Gasteiger partial charge in [-0.2, -0.15) is 0 Å². The Hall–Kier alpha value is -3.64. The molecule has 1 atom stereocenters. The number of rotatable bonds is 7. The molecule has 2 N–H and O–H groups in total. The molecule has 13 heteroatoms. The van der Waals surface area contributed by atoms with Gasteiger partial charge in [-0.15, -0.1) is 11.3 Å². The first-order valence-corrected chi connectivity index (χ1v) is 13.8. The number of ether oxygens (including phenoxy) is 1. The molecule has 2 aliphatic rings. The molecule has 3 aromatic rings. The number of aliphatic carboxylic acids is 1. The molecule has 0 amide bonds. The van der Waals surface area contributed by atoms with E-state index in [9.17, 15) is 18.4 Å². The van der Waals surface area contributed by atoms with E-state index >= 15 is 0 Å². The van der Waals surface area contributed by atoms with Gasteiger partial charge in [0.2, 0.25) is 0 Å². The Morgan fingerprint density at radius 2 is 1.95 bits per heavy atom. The van der Waals surface area contributed by atoms with E-state index in [0.717, 1.165) is 6.07 Å². The summed E-state index contributed by atoms with van der Waals surface area (Å²) < 4.78 is 39.4. The minimum atomic E-state index is -1.22. The molecule has 1 aromatic carbocycles. The number of halogens is 3. The second-order valence-electron chi connectivity index (χ2n) is 9.60. The Kier molecular flexibility index (Phi) is 7.99. The van der Waals surface area contributed by atoms with Crippen LogP contribution in [0.5, 0.6) is 0 Å². The van der Waals surface area contributed by atoms with Crippen molar-refractivity contribution in [2.24, 2.45) is 10.9 Å². The van der Waals surface area contributed by atoms with Crippen LogP contribution in [0.1, 0.15) is 65.6 Å². The SMILES string of the molecule is COC(=O)C1=C([C@H]2CC[C@H](c3nc(CC(=O)O)c(C)o3)CC2)NC(c2nccs2)=NC1c1ccc(F)c(F)c1Cl. The second kappa shape index (κ2) is 11.5. The molecule has 2 aromatic heterocycles. The molecule has 9 nitrogen and oxygen atoms in total. The van der Waals surface area contributed by atoms with Gasteiger partial charge in [-0.05, 0) is 44.6 Å². The van der Waals surface area contributed by atoms with Crippen molar-refractivity contribution < 1.29 is 32.6 Å². The number of amidine groups is 1. The molecule has 210 valence electrons. The van der Waals surface area contributed by atoms with Crippen molar-refractivity contribution in [3.05, 3.63) is 79.6 Å². The lowest BCUT2D eigenvalue weighted by molar-refractivity contribution is -0.137. The summed E-state index contributed by atoms with van der Waals surface area (Å²) in [7, 11) is 1.24. The van der Waals surface area contributed by atoms with Gasteiger partial charge in [-0.1, -0.05) is 17.7 Å². The number of nitrogens with one attached hydrogen (secondary N) is 1. The highest BCUT2D eigenvalue weighted by molar-refractivity contribution is 7.11. The Morgan fingerprint density at radius 3 is 2.60 bits per heavy atom. The number of carbonyl (C=O) groups excluding carboxylic acids is 1. The average Bonchev–Trinajstić information content (AvgIpc) is 3.61. The molecule has 1 unspecified atom stereocenters. The summed E-state index contributed by atoms with van der Waals surface area (Å²) in [5.74, 6) is -2.77. The van der Waals surface area contributed by atoms with Crippen molar-refractivity contribution in [2.45, 2.75) is 51.0 Å². The quantitative estimate of drug-likeness (QED) is 0.273. The van der Waals surface area contributed by atoms with Gasteiger partial charge in [0.25, 0.3) is 0 Å². The number of oxazole rings is 1. The highest BCUT2D eigenvalue weighted by atomic mass is 35.5. The third kappa shape index (κ3) is 5.37. The van der Waals surface area contributed by atoms with E-state index in [2.05, 4.69) is 20.3 Å². The maximum atomic E-state index is 14.5. The van der Waals surface area contributed by atoms with Gasteiger partial charge in [-0.25, -0.2) is 23.5 Å². The second-order valence-corrected chi connectivity index (χ2v) is 10.9. The number of allylic oxidation sites excluding steroid dienone is 1. The van der Waals surface area contributed by atoms with Crippen molar-refractivity contribution in [1.29, 1.82) is 0 Å². The van der Waals surface area contributed by atoms with E-state index < -0.39 is 34.6 Å². The van der Waals surface area contributed by atoms with Crippen molar-refractivity contribution in [2.75, 3.05) is 7.11 Å². The molecule has 1 saturated carbocycles. The minimum absolute atomic E-state index is 0.0215. The fraction of sp³-hybridized carbons (Fsp3) is 0.370. The number of carbonyl (C=O) groups is 2. The zero-order valence-corrected chi connectivity index (χ0v) is 23.1. The van der Waals surface area contributed by atoms with Crippen LogP contribution in [0.25, 0.3) is 0 Å². The highest BCUT2D eigenvalue weighted by Crippen LogP contribution is 2.44. The van der Waals surface area contributed by atoms with E-state index in [1.807, 2.05) is 0 Å². The molecule has 1 aliphatic carbocycles. The number of carboxylic acids is 1. The third-order valence-electron chi connectivity index (χ3n) is 7.19. The number of hydrogen-bond donors (Lipinski definition) is 2. The molecule has 1 aliphatic heterocycles. The highest BCUT2D eigenvalue weighted by Gasteiger charge is 2.39. The summed E-state index contributed by atoms with van der Waals surface area (Å²) in [6.07, 6.45) is 4.00. The lowest BCUT2D eigenvalue weighted by atomic mass is 9.78. The van der Waals surface area contributed by atoms with Crippen LogP contribution in [0.15, 0.2) is 44.4 Å². The largest absolute Gasteiger partial charge is 0.481 e. The summed E-state index contributed by atoms with van der Waals surface area (Å²) in [6, 6.07) is 1.21. The number of nitrogens with zero attached hydrogens (tertiary/aromatic N) is 3. The Morgan fingerprint density at radius 1 is 1.23 bits per heavy atom. The zero-order valence-electron chi connectivity index (χ0n) is 21.5. The number of thiazole rings is 1. The van der Waals surface area contributed by atoms with Crippen LogP contribution < -0.4 is 5.32 Å². The normalized spacial score (nSPS) is 21.1. The van der Waals surface area contributed by atoms with Gasteiger partial charge in [0.1, 0.15) is 11.8 Å². The fourth-order valence-corrected chi connectivity index (χ4v) is 6.05. The van der Waals surface area contributed by atoms with Gasteiger partial charge < -0.3 is 19.6 Å². The maximum Gasteiger partial charge on any atom is 0.338 e. The lowest BCUT2D eigenvalue weighted by Gasteiger charge is -2.34. The molecule has 0 spiro atoms. The summed E-state index contributed by atoms with van der Waals surface area (Å²) in [6.45, 7) is 1.70. The number of benzene rings is 1. The van der Waals surface area contributed by atoms with Crippen LogP contribution in [0.3, 0.4) is 0 Å². The van der Waals surface area contributed by atoms with Crippen LogP contribution in [0.2, 0.25) is 5.02 Å². The average molecular weight is 591 g/mol. The fourth-order valence-electron chi connectivity index (χ4n) is 5.21. The van der Waals surface area contributed by atoms with E-state index in [4.69, 9.17) is 25.9 Å². The predicted octanol–water partition coefficient (Wildman–Crippen LogP) is 5.49. The third-order valence-corrected chi connectivity index (χ3v) is 8.35. The number of aliphatic imine (C=N–C) groups is 1. The van der Waals surface area contributed by atoms with Gasteiger partial charge in [0, 0.05) is 28.8 Å². The summed E-state index contributed by atoms with van der Waals surface area (Å²) in [5.41, 5.74) is 1.26. The summed E-state index contributed by atoms with van der Waals surface area (Å²) in [4.78, 5) is 37.8. The molecule has 0 bridgehead atoms. The standard InChI is InChI=1S/C27H25ClF2N4O5S/c1-12-17(11-18(35)36)32-25(39-12)14-5-3-13(4-6-14)22-19(27(37)38-2)23(15-7-8-16(29)21(30)20(15)28)34-24(33-22)26-31-9-10-40-26/h7-10,13-14,23H,3-6,11H2,1-2H3,(H,33,34)(H,35,36)/t13-,14-,23?. The molecule has 0 radical (unpaired) electrons. The molecular formula is C27H25ClF2N4O5S. The van der Waals surface area contributed by atoms with Crippen molar-refractivity contribution in [1.82, 2.24) is 15.3 Å². The van der Waals surface area contributed by atoms with E-state index in [0.29, 0.717) is 59.6 Å². The molecule has 3 heterocycles. The first-order chi connectivity index (χ1) is 19.2. The summed E-state index contributed by atoms with van der Waals surface area (Å²) in [5, 5.41) is 14.3. The van der Waals surface area contributed by atoms with E-state index in [-0.39, 0.29) is 29.4 Å². The molecule has 0 saturated heterocycles. The van der Waals surface area contributed by atoms with Crippen LogP contribution in [0.4, 0.5) is 8.78 Å². The molecule has 40 heavy (non-hydrogen) atoms. The Bertz CT molecular complexity index is 1510. The number of methoxy groups -OCH3 is 1. The summed E-state index contributed by atoms with van der Waals surface area (Å²) >= 11 is 7.57. The number of aryl methyl sites for hydroxylation is 1. The van der Waals surface area contributed by atoms with Crippen LogP contribution >= 0.6 is 22.9 Å². The molecule has 5 rings (SSSR count). The number of esters is 1. The van der Waals surface area contributed by atoms with Crippen molar-refractivity contribution in [3.8, 4) is 0 Å². The van der Waals surface area contributed by atoms with Crippen molar-refractivity contribution in [3.63, 3.8) is 0 Å². The topological polar surface area (TPSA) is 127 Å². The maximum absolute atomic E-state index is 14.5. The van der Waals surface area contributed by atoms with Crippen molar-refractivity contribution >= 4 is 40.7 Å². The Balaban J connectivity index is 1.50. The van der Waals surface area contributed by atoms with Gasteiger partial charge >= 0.3 is 11.9 Å². The number of aromatic nitrogens is 2. The van der Waals surface area contributed by atoms with Crippen LogP contribution in [0, 0.1) is 24.5 Å². The predicted molar refractivity (Wildman–Crippen MR) is 142 cm³/mol. The van der Waals surface area contributed by atoms with Crippen LogP contribution in [-0.4, -0.2) is 40.0 Å². The van der Waals surface area contributed by atoms with Gasteiger partial charge in [0.05, 0.1) is 29.8 Å². The van der Waals surface area contributed by atoms with Crippen LogP contribution in [-0.2, 0) is 20.7 Å². The van der Waals surface area contributed by atoms with E-state index in [1.54, 1.807) is 18.5 Å². The van der Waals surface area contributed by atoms with Gasteiger partial charge in [-0.3, -0.25) is 9.79 Å².